The Hall–Kier alpha value is -4.23. The van der Waals surface area contributed by atoms with Crippen LogP contribution in [0.25, 0.3) is 0 Å². The van der Waals surface area contributed by atoms with Crippen LogP contribution in [0.2, 0.25) is 0 Å². The lowest BCUT2D eigenvalue weighted by atomic mass is 9.77. The highest BCUT2D eigenvalue weighted by Crippen LogP contribution is 2.44. The van der Waals surface area contributed by atoms with Gasteiger partial charge in [0.1, 0.15) is 23.7 Å². The maximum absolute atomic E-state index is 14.8. The Morgan fingerprint density at radius 2 is 1.62 bits per heavy atom. The van der Waals surface area contributed by atoms with Gasteiger partial charge in [0.15, 0.2) is 36.2 Å². The summed E-state index contributed by atoms with van der Waals surface area (Å²) in [5, 5.41) is 37.8. The molecule has 0 bridgehead atoms. The van der Waals surface area contributed by atoms with Gasteiger partial charge in [-0.1, -0.05) is 20.8 Å². The SMILES string of the molecule is CC[C@H]1OC(=O)[C@H](C)[C@@H](O[C@H]2C[C@@](C)(OC)[C@@H](OC(=O)CCN(C)CCNc3ccc4c(c3)C(=O)C(C(=O)O)CN4C3CC3)[C@H](C)O2)[C@H](C)[C@@H](O[C@@H]2O[C@H](C)C[C@H](N(C)C)[C@H]2O)[C@](C)(O)C[C@@H](C)CN(C)[C@H](C)[C@@H]2OC(=O)O[C@]12C. The topological polar surface area (TPSA) is 254 Å². The van der Waals surface area contributed by atoms with E-state index in [0.29, 0.717) is 43.9 Å². The fourth-order valence-electron chi connectivity index (χ4n) is 13.1. The number of aliphatic carboxylic acids is 1. The molecule has 5 heterocycles. The first-order chi connectivity index (χ1) is 37.5. The van der Waals surface area contributed by atoms with E-state index in [1.165, 1.54) is 7.11 Å². The second-order valence-electron chi connectivity index (χ2n) is 24.9. The van der Waals surface area contributed by atoms with Crippen LogP contribution in [0.5, 0.6) is 0 Å². The number of aliphatic hydroxyl groups is 2. The van der Waals surface area contributed by atoms with E-state index in [0.717, 1.165) is 18.5 Å². The third-order valence-corrected chi connectivity index (χ3v) is 18.0. The molecular formula is C58H93N5O17. The van der Waals surface area contributed by atoms with Crippen molar-refractivity contribution in [2.24, 2.45) is 23.7 Å². The second-order valence-corrected chi connectivity index (χ2v) is 24.9. The zero-order chi connectivity index (χ0) is 58.9. The standard InChI is InChI=1S/C58H93N5O17/c1-16-43-58(10)50(79-55(70)80-58)35(6)62(14)29-31(2)27-56(8,71)49(78-54-47(66)42(60(11)12)25-32(3)73-54)33(4)48(34(5)53(69)75-43)77-45-28-57(9,72-15)51(36(7)74-45)76-44(64)21-23-61(13)24-22-59-37-17-20-41-39(26-37)46(65)40(52(67)68)30-63(41)38-18-19-38/h17,20,26,31-36,38,40,42-43,45,47-51,54,59,66,71H,16,18-19,21-25,27-30H2,1-15H3,(H,67,68)/t31-,32-,33+,34-,35-,36+,40?,42+,43-,45+,47-,48+,49-,50+,51+,54+,56-,57-,58-/m1/s1. The molecule has 1 aromatic rings. The molecule has 19 atom stereocenters. The fourth-order valence-corrected chi connectivity index (χ4v) is 13.1. The largest absolute Gasteiger partial charge is 0.509 e. The van der Waals surface area contributed by atoms with Crippen molar-refractivity contribution < 1.29 is 81.9 Å². The first-order valence-corrected chi connectivity index (χ1v) is 28.9. The maximum Gasteiger partial charge on any atom is 0.509 e. The molecule has 452 valence electrons. The highest BCUT2D eigenvalue weighted by Gasteiger charge is 2.59. The second kappa shape index (κ2) is 25.7. The van der Waals surface area contributed by atoms with Crippen molar-refractivity contribution in [3.8, 4) is 0 Å². The quantitative estimate of drug-likeness (QED) is 0.0916. The van der Waals surface area contributed by atoms with Crippen molar-refractivity contribution in [1.82, 2.24) is 14.7 Å². The summed E-state index contributed by atoms with van der Waals surface area (Å²) in [6.07, 6.45) is -7.07. The van der Waals surface area contributed by atoms with Crippen molar-refractivity contribution in [3.05, 3.63) is 23.8 Å². The minimum Gasteiger partial charge on any atom is -0.481 e. The highest BCUT2D eigenvalue weighted by atomic mass is 16.8. The zero-order valence-corrected chi connectivity index (χ0v) is 49.9. The molecule has 22 nitrogen and oxygen atoms in total. The molecule has 6 aliphatic rings. The number of ether oxygens (including phenoxy) is 9. The van der Waals surface area contributed by atoms with Gasteiger partial charge in [-0.3, -0.25) is 24.1 Å². The number of nitrogens with zero attached hydrogens (tertiary/aromatic N) is 4. The van der Waals surface area contributed by atoms with Crippen LogP contribution in [0, 0.1) is 23.7 Å². The van der Waals surface area contributed by atoms with E-state index >= 15 is 0 Å². The van der Waals surface area contributed by atoms with Gasteiger partial charge in [0.2, 0.25) is 0 Å². The van der Waals surface area contributed by atoms with Crippen molar-refractivity contribution in [3.63, 3.8) is 0 Å². The van der Waals surface area contributed by atoms with Gasteiger partial charge in [-0.2, -0.15) is 0 Å². The number of anilines is 2. The summed E-state index contributed by atoms with van der Waals surface area (Å²) in [5.41, 5.74) is -2.28. The maximum atomic E-state index is 14.8. The Kier molecular flexibility index (Phi) is 20.4. The number of carboxylic acids is 1. The van der Waals surface area contributed by atoms with Crippen LogP contribution in [-0.4, -0.2) is 224 Å². The predicted octanol–water partition coefficient (Wildman–Crippen LogP) is 4.93. The Morgan fingerprint density at radius 3 is 2.26 bits per heavy atom. The van der Waals surface area contributed by atoms with Crippen LogP contribution < -0.4 is 10.2 Å². The minimum absolute atomic E-state index is 0.0477. The molecule has 1 unspecified atom stereocenters. The number of carbonyl (C=O) groups excluding carboxylic acids is 4. The lowest BCUT2D eigenvalue weighted by Crippen LogP contribution is -2.61. The van der Waals surface area contributed by atoms with Crippen LogP contribution in [-0.2, 0) is 57.0 Å². The molecule has 5 fully saturated rings. The van der Waals surface area contributed by atoms with E-state index in [1.807, 2.05) is 101 Å². The fraction of sp³-hybridized carbons (Fsp3) is 0.810. The predicted molar refractivity (Wildman–Crippen MR) is 294 cm³/mol. The number of carboxylic acid groups (broad SMARTS) is 1. The van der Waals surface area contributed by atoms with Crippen molar-refractivity contribution >= 4 is 41.2 Å². The van der Waals surface area contributed by atoms with E-state index in [-0.39, 0.29) is 62.1 Å². The molecule has 0 spiro atoms. The number of likely N-dealkylation sites (N-methyl/N-ethyl adjacent to an activating group) is 3. The first kappa shape index (κ1) is 63.4. The Labute approximate surface area is 472 Å². The van der Waals surface area contributed by atoms with Gasteiger partial charge in [0.05, 0.1) is 42.4 Å². The van der Waals surface area contributed by atoms with Gasteiger partial charge >= 0.3 is 24.1 Å². The summed E-state index contributed by atoms with van der Waals surface area (Å²) < 4.78 is 57.2. The average Bonchev–Trinajstić information content (AvgIpc) is 4.35. The Morgan fingerprint density at radius 1 is 0.925 bits per heavy atom. The normalized spacial score (nSPS) is 39.5. The number of methoxy groups -OCH3 is 1. The van der Waals surface area contributed by atoms with Crippen LogP contribution in [0.3, 0.4) is 0 Å². The highest BCUT2D eigenvalue weighted by molar-refractivity contribution is 6.13. The molecule has 22 heteroatoms. The average molecular weight is 1130 g/mol. The number of hydrogen-bond donors (Lipinski definition) is 4. The van der Waals surface area contributed by atoms with Crippen LogP contribution in [0.1, 0.15) is 125 Å². The number of hydrogen-bond acceptors (Lipinski definition) is 21. The van der Waals surface area contributed by atoms with Crippen molar-refractivity contribution in [1.29, 1.82) is 0 Å². The number of aliphatic hydroxyl groups excluding tert-OH is 1. The Bertz CT molecular complexity index is 2340. The smallest absolute Gasteiger partial charge is 0.481 e. The van der Waals surface area contributed by atoms with E-state index in [2.05, 4.69) is 5.32 Å². The molecular weight excluding hydrogens is 1040 g/mol. The molecule has 1 aromatic carbocycles. The summed E-state index contributed by atoms with van der Waals surface area (Å²) in [5.74, 6) is -5.84. The minimum atomic E-state index is -1.63. The molecule has 5 aliphatic heterocycles. The summed E-state index contributed by atoms with van der Waals surface area (Å²) in [4.78, 5) is 74.7. The van der Waals surface area contributed by atoms with Gasteiger partial charge in [-0.15, -0.1) is 0 Å². The molecule has 80 heavy (non-hydrogen) atoms. The number of cyclic esters (lactones) is 1. The van der Waals surface area contributed by atoms with Gasteiger partial charge in [-0.05, 0) is 133 Å². The number of carbonyl (C=O) groups is 5. The molecule has 0 aromatic heterocycles. The molecule has 0 radical (unpaired) electrons. The van der Waals surface area contributed by atoms with Crippen molar-refractivity contribution in [2.75, 3.05) is 78.2 Å². The number of fused-ring (bicyclic) bond motifs is 2. The van der Waals surface area contributed by atoms with E-state index in [4.69, 9.17) is 42.6 Å². The van der Waals surface area contributed by atoms with Gasteiger partial charge < -0.3 is 78.0 Å². The number of rotatable bonds is 17. The summed E-state index contributed by atoms with van der Waals surface area (Å²) in [6, 6.07) is 5.04. The van der Waals surface area contributed by atoms with Crippen LogP contribution >= 0.6 is 0 Å². The van der Waals surface area contributed by atoms with Gasteiger partial charge in [-0.25, -0.2) is 4.79 Å². The van der Waals surface area contributed by atoms with E-state index < -0.39 is 120 Å². The molecule has 7 rings (SSSR count). The number of Topliss-reactive ketones (excluding diaryl/α,β-unsaturated/α-hetero) is 1. The number of esters is 2. The van der Waals surface area contributed by atoms with Crippen LogP contribution in [0.4, 0.5) is 16.2 Å². The summed E-state index contributed by atoms with van der Waals surface area (Å²) >= 11 is 0. The number of benzene rings is 1. The number of nitrogens with one attached hydrogen (secondary N) is 1. The lowest BCUT2D eigenvalue weighted by Gasteiger charge is -2.49. The van der Waals surface area contributed by atoms with Crippen molar-refractivity contribution in [2.45, 2.75) is 211 Å². The molecule has 1 aliphatic carbocycles. The molecule has 1 saturated carbocycles. The Balaban J connectivity index is 1.07. The lowest BCUT2D eigenvalue weighted by molar-refractivity contribution is -0.318. The molecule has 4 N–H and O–H groups in total. The first-order valence-electron chi connectivity index (χ1n) is 28.9. The molecule has 0 amide bonds. The monoisotopic (exact) mass is 1130 g/mol. The molecule has 4 saturated heterocycles. The zero-order valence-electron chi connectivity index (χ0n) is 49.9. The van der Waals surface area contributed by atoms with Gasteiger partial charge in [0, 0.05) is 87.2 Å². The van der Waals surface area contributed by atoms with E-state index in [1.54, 1.807) is 33.8 Å². The van der Waals surface area contributed by atoms with Gasteiger partial charge in [0.25, 0.3) is 0 Å². The number of ketones is 1. The third kappa shape index (κ3) is 14.0. The third-order valence-electron chi connectivity index (χ3n) is 18.0. The summed E-state index contributed by atoms with van der Waals surface area (Å²) in [7, 11) is 9.07. The summed E-state index contributed by atoms with van der Waals surface area (Å²) in [6.45, 7) is 20.2. The van der Waals surface area contributed by atoms with E-state index in [9.17, 15) is 39.3 Å². The van der Waals surface area contributed by atoms with Crippen LogP contribution in [0.15, 0.2) is 18.2 Å².